The molecule has 1 aromatic heterocycles. The average molecular weight is 346 g/mol. The summed E-state index contributed by atoms with van der Waals surface area (Å²) in [6, 6.07) is 1.91. The summed E-state index contributed by atoms with van der Waals surface area (Å²) in [5, 5.41) is 14.0. The number of aliphatic hydroxyl groups excluding tert-OH is 1. The average Bonchev–Trinajstić information content (AvgIpc) is 3.01. The fraction of sp³-hybridized carbons (Fsp3) is 0.789. The number of likely N-dealkylation sites (tertiary alicyclic amines) is 2. The van der Waals surface area contributed by atoms with Gasteiger partial charge in [-0.05, 0) is 63.1 Å². The Kier molecular flexibility index (Phi) is 4.82. The molecule has 0 bridgehead atoms. The number of nitrogens with zero attached hydrogens (tertiary/aromatic N) is 4. The van der Waals surface area contributed by atoms with E-state index in [4.69, 9.17) is 0 Å². The Morgan fingerprint density at radius 2 is 1.96 bits per heavy atom. The van der Waals surface area contributed by atoms with Gasteiger partial charge in [0, 0.05) is 38.6 Å². The monoisotopic (exact) mass is 346 g/mol. The first-order valence-corrected chi connectivity index (χ1v) is 9.78. The SMILES string of the molecule is O=C(N1C[C@H](CO)C[C@@H](CN2CCCC2)C1)C1(Cn2cccn2)CC1. The molecule has 6 nitrogen and oxygen atoms in total. The molecule has 138 valence electrons. The molecule has 3 aliphatic rings. The van der Waals surface area contributed by atoms with Gasteiger partial charge in [0.1, 0.15) is 0 Å². The minimum atomic E-state index is -0.248. The predicted octanol–water partition coefficient (Wildman–Crippen LogP) is 1.22. The summed E-state index contributed by atoms with van der Waals surface area (Å²) < 4.78 is 1.89. The van der Waals surface area contributed by atoms with Crippen molar-refractivity contribution >= 4 is 5.91 Å². The van der Waals surface area contributed by atoms with Gasteiger partial charge in [-0.2, -0.15) is 5.10 Å². The van der Waals surface area contributed by atoms with Crippen molar-refractivity contribution in [2.45, 2.75) is 38.6 Å². The van der Waals surface area contributed by atoms with Crippen LogP contribution in [0.15, 0.2) is 18.5 Å². The van der Waals surface area contributed by atoms with Crippen molar-refractivity contribution < 1.29 is 9.90 Å². The molecule has 0 unspecified atom stereocenters. The molecule has 0 aromatic carbocycles. The highest BCUT2D eigenvalue weighted by Gasteiger charge is 2.53. The van der Waals surface area contributed by atoms with Gasteiger partial charge in [-0.25, -0.2) is 0 Å². The number of rotatable bonds is 6. The lowest BCUT2D eigenvalue weighted by Crippen LogP contribution is -2.50. The van der Waals surface area contributed by atoms with Crippen molar-refractivity contribution in [3.8, 4) is 0 Å². The van der Waals surface area contributed by atoms with Crippen molar-refractivity contribution in [2.24, 2.45) is 17.3 Å². The number of aliphatic hydroxyl groups is 1. The number of carbonyl (C=O) groups is 1. The van der Waals surface area contributed by atoms with Crippen LogP contribution in [0.3, 0.4) is 0 Å². The lowest BCUT2D eigenvalue weighted by atomic mass is 9.88. The molecule has 1 aromatic rings. The fourth-order valence-electron chi connectivity index (χ4n) is 4.71. The Bertz CT molecular complexity index is 578. The van der Waals surface area contributed by atoms with Gasteiger partial charge >= 0.3 is 0 Å². The minimum absolute atomic E-state index is 0.187. The van der Waals surface area contributed by atoms with E-state index in [2.05, 4.69) is 14.9 Å². The van der Waals surface area contributed by atoms with Crippen LogP contribution >= 0.6 is 0 Å². The lowest BCUT2D eigenvalue weighted by molar-refractivity contribution is -0.141. The van der Waals surface area contributed by atoms with Gasteiger partial charge < -0.3 is 14.9 Å². The summed E-state index contributed by atoms with van der Waals surface area (Å²) in [5.74, 6) is 1.01. The second kappa shape index (κ2) is 7.08. The number of piperidine rings is 1. The maximum Gasteiger partial charge on any atom is 0.230 e. The third-order valence-electron chi connectivity index (χ3n) is 6.22. The zero-order chi connectivity index (χ0) is 17.3. The fourth-order valence-corrected chi connectivity index (χ4v) is 4.71. The van der Waals surface area contributed by atoms with E-state index in [0.29, 0.717) is 19.0 Å². The summed E-state index contributed by atoms with van der Waals surface area (Å²) in [4.78, 5) is 17.8. The highest BCUT2D eigenvalue weighted by molar-refractivity contribution is 5.85. The summed E-state index contributed by atoms with van der Waals surface area (Å²) in [6.07, 6.45) is 9.28. The van der Waals surface area contributed by atoms with Crippen LogP contribution in [0.4, 0.5) is 0 Å². The Balaban J connectivity index is 1.41. The van der Waals surface area contributed by atoms with Gasteiger partial charge in [-0.1, -0.05) is 0 Å². The first-order chi connectivity index (χ1) is 12.2. The highest BCUT2D eigenvalue weighted by Crippen LogP contribution is 2.49. The molecule has 1 N–H and O–H groups in total. The summed E-state index contributed by atoms with van der Waals surface area (Å²) in [6.45, 7) is 5.91. The number of carbonyl (C=O) groups excluding carboxylic acids is 1. The van der Waals surface area contributed by atoms with Gasteiger partial charge in [-0.3, -0.25) is 9.48 Å². The first kappa shape index (κ1) is 17.0. The maximum absolute atomic E-state index is 13.2. The van der Waals surface area contributed by atoms with Crippen molar-refractivity contribution in [3.63, 3.8) is 0 Å². The number of hydrogen-bond acceptors (Lipinski definition) is 4. The summed E-state index contributed by atoms with van der Waals surface area (Å²) in [7, 11) is 0. The largest absolute Gasteiger partial charge is 0.396 e. The van der Waals surface area contributed by atoms with Crippen molar-refractivity contribution in [1.29, 1.82) is 0 Å². The summed E-state index contributed by atoms with van der Waals surface area (Å²) in [5.41, 5.74) is -0.248. The Hall–Kier alpha value is -1.40. The molecule has 0 spiro atoms. The second-order valence-electron chi connectivity index (χ2n) is 8.35. The number of hydrogen-bond donors (Lipinski definition) is 1. The van der Waals surface area contributed by atoms with E-state index in [-0.39, 0.29) is 23.8 Å². The van der Waals surface area contributed by atoms with E-state index < -0.39 is 0 Å². The molecule has 2 aliphatic heterocycles. The zero-order valence-electron chi connectivity index (χ0n) is 15.0. The standard InChI is InChI=1S/C19H30N4O2/c24-14-17-10-16(11-21-7-1-2-8-21)12-22(13-17)18(25)19(4-5-19)15-23-9-3-6-20-23/h3,6,9,16-17,24H,1-2,4-5,7-8,10-15H2/t16-,17+/m0/s1. The summed E-state index contributed by atoms with van der Waals surface area (Å²) >= 11 is 0. The van der Waals surface area contributed by atoms with Crippen molar-refractivity contribution in [1.82, 2.24) is 19.6 Å². The Morgan fingerprint density at radius 1 is 1.20 bits per heavy atom. The zero-order valence-corrected chi connectivity index (χ0v) is 15.0. The molecule has 2 atom stereocenters. The van der Waals surface area contributed by atoms with Crippen LogP contribution < -0.4 is 0 Å². The van der Waals surface area contributed by atoms with E-state index in [0.717, 1.165) is 32.4 Å². The van der Waals surface area contributed by atoms with E-state index >= 15 is 0 Å². The van der Waals surface area contributed by atoms with Crippen molar-refractivity contribution in [3.05, 3.63) is 18.5 Å². The third kappa shape index (κ3) is 3.75. The molecule has 6 heteroatoms. The van der Waals surface area contributed by atoms with Gasteiger partial charge in [0.15, 0.2) is 0 Å². The van der Waals surface area contributed by atoms with Crippen molar-refractivity contribution in [2.75, 3.05) is 39.3 Å². The van der Waals surface area contributed by atoms with Gasteiger partial charge in [0.25, 0.3) is 0 Å². The topological polar surface area (TPSA) is 61.6 Å². The highest BCUT2D eigenvalue weighted by atomic mass is 16.3. The molecule has 3 heterocycles. The number of aromatic nitrogens is 2. The molecule has 0 radical (unpaired) electrons. The second-order valence-corrected chi connectivity index (χ2v) is 8.35. The molecule has 1 amide bonds. The van der Waals surface area contributed by atoms with Crippen LogP contribution in [-0.2, 0) is 11.3 Å². The molecular weight excluding hydrogens is 316 g/mol. The minimum Gasteiger partial charge on any atom is -0.396 e. The predicted molar refractivity (Wildman–Crippen MR) is 94.8 cm³/mol. The van der Waals surface area contributed by atoms with Crippen LogP contribution in [0.2, 0.25) is 0 Å². The quantitative estimate of drug-likeness (QED) is 0.841. The van der Waals surface area contributed by atoms with E-state index in [1.165, 1.54) is 25.9 Å². The molecule has 1 saturated carbocycles. The van der Waals surface area contributed by atoms with Crippen LogP contribution in [0.1, 0.15) is 32.1 Å². The van der Waals surface area contributed by atoms with Crippen LogP contribution in [0.5, 0.6) is 0 Å². The van der Waals surface area contributed by atoms with Crippen LogP contribution in [-0.4, -0.2) is 69.9 Å². The maximum atomic E-state index is 13.2. The van der Waals surface area contributed by atoms with Gasteiger partial charge in [-0.15, -0.1) is 0 Å². The molecule has 2 saturated heterocycles. The van der Waals surface area contributed by atoms with E-state index in [1.807, 2.05) is 16.9 Å². The Labute approximate surface area is 149 Å². The van der Waals surface area contributed by atoms with Gasteiger partial charge in [0.05, 0.1) is 12.0 Å². The smallest absolute Gasteiger partial charge is 0.230 e. The third-order valence-corrected chi connectivity index (χ3v) is 6.22. The normalized spacial score (nSPS) is 29.1. The Morgan fingerprint density at radius 3 is 2.60 bits per heavy atom. The lowest BCUT2D eigenvalue weighted by Gasteiger charge is -2.40. The number of amides is 1. The van der Waals surface area contributed by atoms with E-state index in [9.17, 15) is 9.90 Å². The molecular formula is C19H30N4O2. The molecule has 1 aliphatic carbocycles. The molecule has 3 fully saturated rings. The van der Waals surface area contributed by atoms with Crippen LogP contribution in [0.25, 0.3) is 0 Å². The molecule has 25 heavy (non-hydrogen) atoms. The molecule has 4 rings (SSSR count). The first-order valence-electron chi connectivity index (χ1n) is 9.78. The van der Waals surface area contributed by atoms with Crippen LogP contribution in [0, 0.1) is 17.3 Å². The van der Waals surface area contributed by atoms with Gasteiger partial charge in [0.2, 0.25) is 5.91 Å². The van der Waals surface area contributed by atoms with E-state index in [1.54, 1.807) is 6.20 Å².